The maximum absolute atomic E-state index is 5.00. The summed E-state index contributed by atoms with van der Waals surface area (Å²) in [5.41, 5.74) is 2.93. The van der Waals surface area contributed by atoms with E-state index < -0.39 is 0 Å². The quantitative estimate of drug-likeness (QED) is 0.482. The Labute approximate surface area is 79.2 Å². The second-order valence-corrected chi connectivity index (χ2v) is 3.24. The monoisotopic (exact) mass is 191 g/mol. The van der Waals surface area contributed by atoms with Crippen molar-refractivity contribution in [1.29, 1.82) is 0 Å². The summed E-state index contributed by atoms with van der Waals surface area (Å²) in [5.74, 6) is 0. The van der Waals surface area contributed by atoms with Gasteiger partial charge in [-0.1, -0.05) is 0 Å². The molecule has 0 aromatic rings. The lowest BCUT2D eigenvalue weighted by Crippen LogP contribution is -2.47. The van der Waals surface area contributed by atoms with Crippen LogP contribution in [-0.2, 0) is 4.74 Å². The smallest absolute Gasteiger partial charge is 0.181 e. The Morgan fingerprint density at radius 1 is 1.58 bits per heavy atom. The summed E-state index contributed by atoms with van der Waals surface area (Å²) >= 11 is 5.00. The van der Waals surface area contributed by atoms with Gasteiger partial charge in [0.2, 0.25) is 0 Å². The van der Waals surface area contributed by atoms with Crippen LogP contribution in [0.1, 0.15) is 6.92 Å². The molecule has 0 aromatic heterocycles. The van der Waals surface area contributed by atoms with E-state index in [-0.39, 0.29) is 6.04 Å². The molecule has 0 aromatic carbocycles. The predicted molar refractivity (Wildman–Crippen MR) is 53.9 cm³/mol. The first-order valence-electron chi connectivity index (χ1n) is 3.79. The van der Waals surface area contributed by atoms with Crippen molar-refractivity contribution >= 4 is 17.3 Å². The van der Waals surface area contributed by atoms with Gasteiger partial charge in [-0.3, -0.25) is 5.43 Å². The van der Waals surface area contributed by atoms with E-state index in [0.717, 1.165) is 0 Å². The van der Waals surface area contributed by atoms with E-state index in [2.05, 4.69) is 10.7 Å². The standard InChI is InChI=1S/C7H17N3OS/c1-6(5-11-4)8-7(12)9-10(2)3/h6H,5H2,1-4H3,(H2,8,9,12). The number of hydrazine groups is 1. The summed E-state index contributed by atoms with van der Waals surface area (Å²) in [6.45, 7) is 2.66. The summed E-state index contributed by atoms with van der Waals surface area (Å²) in [6.07, 6.45) is 0. The number of hydrogen-bond donors (Lipinski definition) is 2. The minimum atomic E-state index is 0.231. The number of methoxy groups -OCH3 is 1. The van der Waals surface area contributed by atoms with Gasteiger partial charge in [0, 0.05) is 27.2 Å². The highest BCUT2D eigenvalue weighted by molar-refractivity contribution is 7.80. The first-order valence-corrected chi connectivity index (χ1v) is 4.20. The fourth-order valence-electron chi connectivity index (χ4n) is 0.751. The van der Waals surface area contributed by atoms with Gasteiger partial charge in [0.05, 0.1) is 6.61 Å². The van der Waals surface area contributed by atoms with E-state index in [1.165, 1.54) is 0 Å². The minimum Gasteiger partial charge on any atom is -0.383 e. The Morgan fingerprint density at radius 2 is 2.17 bits per heavy atom. The Hall–Kier alpha value is -0.390. The zero-order valence-corrected chi connectivity index (χ0v) is 8.86. The third-order valence-electron chi connectivity index (χ3n) is 1.12. The Balaban J connectivity index is 3.54. The molecule has 0 saturated heterocycles. The van der Waals surface area contributed by atoms with Crippen molar-refractivity contribution in [3.63, 3.8) is 0 Å². The first kappa shape index (κ1) is 11.6. The van der Waals surface area contributed by atoms with Crippen molar-refractivity contribution in [1.82, 2.24) is 15.8 Å². The SMILES string of the molecule is COCC(C)NC(=S)NN(C)C. The van der Waals surface area contributed by atoms with Crippen molar-refractivity contribution < 1.29 is 4.74 Å². The van der Waals surface area contributed by atoms with Crippen LogP contribution in [0.4, 0.5) is 0 Å². The van der Waals surface area contributed by atoms with Crippen molar-refractivity contribution in [2.75, 3.05) is 27.8 Å². The summed E-state index contributed by atoms with van der Waals surface area (Å²) in [6, 6.07) is 0.231. The lowest BCUT2D eigenvalue weighted by atomic mass is 10.4. The molecule has 2 N–H and O–H groups in total. The molecule has 0 spiro atoms. The van der Waals surface area contributed by atoms with Gasteiger partial charge in [-0.2, -0.15) is 0 Å². The van der Waals surface area contributed by atoms with Crippen molar-refractivity contribution in [2.45, 2.75) is 13.0 Å². The van der Waals surface area contributed by atoms with Gasteiger partial charge in [0.25, 0.3) is 0 Å². The zero-order valence-electron chi connectivity index (χ0n) is 8.05. The third kappa shape index (κ3) is 6.33. The van der Waals surface area contributed by atoms with Crippen LogP contribution in [0.3, 0.4) is 0 Å². The molecule has 5 heteroatoms. The average Bonchev–Trinajstić information content (AvgIpc) is 1.84. The zero-order chi connectivity index (χ0) is 9.56. The maximum atomic E-state index is 5.00. The fourth-order valence-corrected chi connectivity index (χ4v) is 1.13. The molecule has 0 heterocycles. The normalized spacial score (nSPS) is 12.8. The molecule has 0 bridgehead atoms. The Bertz CT molecular complexity index is 141. The molecule has 0 rings (SSSR count). The number of nitrogens with zero attached hydrogens (tertiary/aromatic N) is 1. The second kappa shape index (κ2) is 6.16. The van der Waals surface area contributed by atoms with Gasteiger partial charge >= 0.3 is 0 Å². The molecule has 12 heavy (non-hydrogen) atoms. The van der Waals surface area contributed by atoms with E-state index in [9.17, 15) is 0 Å². The van der Waals surface area contributed by atoms with E-state index in [1.807, 2.05) is 21.0 Å². The topological polar surface area (TPSA) is 36.5 Å². The molecule has 0 radical (unpaired) electrons. The highest BCUT2D eigenvalue weighted by Gasteiger charge is 2.02. The van der Waals surface area contributed by atoms with E-state index in [4.69, 9.17) is 17.0 Å². The lowest BCUT2D eigenvalue weighted by Gasteiger charge is -2.19. The van der Waals surface area contributed by atoms with Gasteiger partial charge in [0.1, 0.15) is 0 Å². The second-order valence-electron chi connectivity index (χ2n) is 2.84. The van der Waals surface area contributed by atoms with Crippen LogP contribution < -0.4 is 10.7 Å². The predicted octanol–water partition coefficient (Wildman–Crippen LogP) is -0.0380. The number of thiocarbonyl (C=S) groups is 1. The number of nitrogens with one attached hydrogen (secondary N) is 2. The summed E-state index contributed by atoms with van der Waals surface area (Å²) in [4.78, 5) is 0. The molecule has 0 aliphatic carbocycles. The lowest BCUT2D eigenvalue weighted by molar-refractivity contribution is 0.178. The minimum absolute atomic E-state index is 0.231. The van der Waals surface area contributed by atoms with Gasteiger partial charge < -0.3 is 10.1 Å². The van der Waals surface area contributed by atoms with Gasteiger partial charge in [-0.25, -0.2) is 5.01 Å². The summed E-state index contributed by atoms with van der Waals surface area (Å²) < 4.78 is 4.95. The van der Waals surface area contributed by atoms with E-state index >= 15 is 0 Å². The number of hydrogen-bond acceptors (Lipinski definition) is 3. The Kier molecular flexibility index (Phi) is 5.96. The molecule has 0 saturated carbocycles. The summed E-state index contributed by atoms with van der Waals surface area (Å²) in [5, 5.41) is 5.47. The van der Waals surface area contributed by atoms with Crippen molar-refractivity contribution in [3.05, 3.63) is 0 Å². The van der Waals surface area contributed by atoms with Gasteiger partial charge in [-0.15, -0.1) is 0 Å². The molecule has 0 amide bonds. The Morgan fingerprint density at radius 3 is 2.58 bits per heavy atom. The maximum Gasteiger partial charge on any atom is 0.181 e. The molecular formula is C7H17N3OS. The van der Waals surface area contributed by atoms with Crippen LogP contribution in [0.25, 0.3) is 0 Å². The van der Waals surface area contributed by atoms with Crippen LogP contribution in [0, 0.1) is 0 Å². The molecule has 4 nitrogen and oxygen atoms in total. The van der Waals surface area contributed by atoms with Crippen LogP contribution >= 0.6 is 12.2 Å². The highest BCUT2D eigenvalue weighted by atomic mass is 32.1. The highest BCUT2D eigenvalue weighted by Crippen LogP contribution is 1.82. The fraction of sp³-hybridized carbons (Fsp3) is 0.857. The molecule has 0 aliphatic rings. The molecule has 1 atom stereocenters. The summed E-state index contributed by atoms with van der Waals surface area (Å²) in [7, 11) is 5.44. The third-order valence-corrected chi connectivity index (χ3v) is 1.33. The van der Waals surface area contributed by atoms with Crippen molar-refractivity contribution in [3.8, 4) is 0 Å². The van der Waals surface area contributed by atoms with Crippen LogP contribution in [0.2, 0.25) is 0 Å². The van der Waals surface area contributed by atoms with Gasteiger partial charge in [-0.05, 0) is 19.1 Å². The van der Waals surface area contributed by atoms with Crippen LogP contribution in [0.5, 0.6) is 0 Å². The molecular weight excluding hydrogens is 174 g/mol. The van der Waals surface area contributed by atoms with E-state index in [0.29, 0.717) is 11.7 Å². The van der Waals surface area contributed by atoms with E-state index in [1.54, 1.807) is 12.1 Å². The van der Waals surface area contributed by atoms with Gasteiger partial charge in [0.15, 0.2) is 5.11 Å². The largest absolute Gasteiger partial charge is 0.383 e. The van der Waals surface area contributed by atoms with Crippen molar-refractivity contribution in [2.24, 2.45) is 0 Å². The first-order chi connectivity index (χ1) is 5.56. The number of ether oxygens (including phenoxy) is 1. The molecule has 0 fully saturated rings. The average molecular weight is 191 g/mol. The molecule has 0 aliphatic heterocycles. The molecule has 72 valence electrons. The van der Waals surface area contributed by atoms with Crippen LogP contribution in [0.15, 0.2) is 0 Å². The molecule has 1 unspecified atom stereocenters. The number of rotatable bonds is 4. The van der Waals surface area contributed by atoms with Crippen LogP contribution in [-0.4, -0.2) is 44.0 Å².